The van der Waals surface area contributed by atoms with E-state index in [1.807, 2.05) is 6.92 Å². The van der Waals surface area contributed by atoms with Gasteiger partial charge in [-0.15, -0.1) is 11.8 Å². The van der Waals surface area contributed by atoms with Gasteiger partial charge in [0.1, 0.15) is 5.78 Å². The highest BCUT2D eigenvalue weighted by Crippen LogP contribution is 2.68. The second-order valence-electron chi connectivity index (χ2n) is 11.1. The number of Topliss-reactive ketones (excluding diaryl/α,β-unsaturated/α-hetero) is 1. The maximum absolute atomic E-state index is 12.3. The molecule has 0 saturated heterocycles. The van der Waals surface area contributed by atoms with E-state index in [-0.39, 0.29) is 5.60 Å². The van der Waals surface area contributed by atoms with Crippen LogP contribution in [0.2, 0.25) is 0 Å². The zero-order valence-electron chi connectivity index (χ0n) is 18.2. The minimum atomic E-state index is 0.0935. The second kappa shape index (κ2) is 7.04. The predicted molar refractivity (Wildman–Crippen MR) is 114 cm³/mol. The normalized spacial score (nSPS) is 52.0. The molecule has 0 aromatic carbocycles. The van der Waals surface area contributed by atoms with Gasteiger partial charge in [0.25, 0.3) is 0 Å². The Hall–Kier alpha value is -0.0200. The summed E-state index contributed by atoms with van der Waals surface area (Å²) in [6.45, 7) is 9.30. The summed E-state index contributed by atoms with van der Waals surface area (Å²) in [6.07, 6.45) is 13.8. The van der Waals surface area contributed by atoms with Crippen molar-refractivity contribution in [2.24, 2.45) is 40.4 Å². The monoisotopic (exact) mass is 392 g/mol. The lowest BCUT2D eigenvalue weighted by Crippen LogP contribution is -2.56. The Bertz CT molecular complexity index is 591. The number of hydrogen-bond acceptors (Lipinski definition) is 3. The summed E-state index contributed by atoms with van der Waals surface area (Å²) in [5.74, 6) is 4.99. The van der Waals surface area contributed by atoms with Gasteiger partial charge in [-0.3, -0.25) is 4.79 Å². The van der Waals surface area contributed by atoms with E-state index in [1.165, 1.54) is 51.4 Å². The van der Waals surface area contributed by atoms with Crippen molar-refractivity contribution in [3.05, 3.63) is 0 Å². The first kappa shape index (κ1) is 20.3. The van der Waals surface area contributed by atoms with Gasteiger partial charge in [-0.05, 0) is 112 Å². The van der Waals surface area contributed by atoms with Crippen LogP contribution in [0.1, 0.15) is 85.5 Å². The lowest BCUT2D eigenvalue weighted by Gasteiger charge is -2.62. The molecule has 0 aliphatic heterocycles. The van der Waals surface area contributed by atoms with E-state index >= 15 is 0 Å². The van der Waals surface area contributed by atoms with Crippen molar-refractivity contribution in [1.29, 1.82) is 0 Å². The molecule has 2 nitrogen and oxygen atoms in total. The highest BCUT2D eigenvalue weighted by Gasteiger charge is 2.61. The third-order valence-electron chi connectivity index (χ3n) is 9.95. The molecule has 3 unspecified atom stereocenters. The van der Waals surface area contributed by atoms with Crippen molar-refractivity contribution in [2.45, 2.75) is 91.1 Å². The average Bonchev–Trinajstić information content (AvgIpc) is 2.98. The van der Waals surface area contributed by atoms with Crippen LogP contribution >= 0.6 is 11.8 Å². The molecule has 0 bridgehead atoms. The van der Waals surface area contributed by atoms with Crippen molar-refractivity contribution < 1.29 is 9.53 Å². The third kappa shape index (κ3) is 3.14. The topological polar surface area (TPSA) is 26.3 Å². The van der Waals surface area contributed by atoms with Gasteiger partial charge in [-0.2, -0.15) is 0 Å². The van der Waals surface area contributed by atoms with Gasteiger partial charge < -0.3 is 4.74 Å². The van der Waals surface area contributed by atoms with Gasteiger partial charge >= 0.3 is 0 Å². The molecule has 0 amide bonds. The molecule has 0 radical (unpaired) electrons. The molecule has 4 fully saturated rings. The molecule has 0 spiro atoms. The molecule has 4 aliphatic carbocycles. The summed E-state index contributed by atoms with van der Waals surface area (Å²) in [4.78, 5) is 12.3. The SMILES string of the molecule is CSCO[C@]1(C)CC[C@@]2(C)C(CC[C@H]3C2CC[C@@]2(C)C3CC[C@@H]2C(C)=O)C1. The van der Waals surface area contributed by atoms with Crippen LogP contribution in [0.5, 0.6) is 0 Å². The third-order valence-corrected chi connectivity index (χ3v) is 10.3. The summed E-state index contributed by atoms with van der Waals surface area (Å²) in [6, 6.07) is 0. The largest absolute Gasteiger partial charge is 0.365 e. The Kier molecular flexibility index (Phi) is 5.28. The van der Waals surface area contributed by atoms with Crippen LogP contribution in [0.4, 0.5) is 0 Å². The first-order valence-electron chi connectivity index (χ1n) is 11.4. The van der Waals surface area contributed by atoms with Crippen LogP contribution in [0.3, 0.4) is 0 Å². The first-order valence-corrected chi connectivity index (χ1v) is 12.8. The van der Waals surface area contributed by atoms with Crippen molar-refractivity contribution in [3.63, 3.8) is 0 Å². The maximum Gasteiger partial charge on any atom is 0.133 e. The van der Waals surface area contributed by atoms with E-state index in [0.717, 1.165) is 36.0 Å². The van der Waals surface area contributed by atoms with Crippen molar-refractivity contribution in [3.8, 4) is 0 Å². The van der Waals surface area contributed by atoms with E-state index in [4.69, 9.17) is 4.74 Å². The summed E-state index contributed by atoms with van der Waals surface area (Å²) in [5, 5.41) is 0. The Morgan fingerprint density at radius 1 is 0.963 bits per heavy atom. The van der Waals surface area contributed by atoms with Crippen LogP contribution in [0.25, 0.3) is 0 Å². The molecule has 0 aromatic heterocycles. The maximum atomic E-state index is 12.3. The highest BCUT2D eigenvalue weighted by molar-refractivity contribution is 7.98. The summed E-state index contributed by atoms with van der Waals surface area (Å²) >= 11 is 1.80. The Balaban J connectivity index is 1.53. The molecule has 0 aromatic rings. The number of hydrogen-bond donors (Lipinski definition) is 0. The van der Waals surface area contributed by atoms with Crippen LogP contribution in [0, 0.1) is 40.4 Å². The van der Waals surface area contributed by atoms with E-state index in [9.17, 15) is 4.79 Å². The molecule has 4 saturated carbocycles. The highest BCUT2D eigenvalue weighted by atomic mass is 32.2. The molecule has 0 N–H and O–H groups in total. The Morgan fingerprint density at radius 3 is 2.41 bits per heavy atom. The number of rotatable bonds is 4. The quantitative estimate of drug-likeness (QED) is 0.523. The van der Waals surface area contributed by atoms with Crippen molar-refractivity contribution >= 4 is 17.5 Å². The second-order valence-corrected chi connectivity index (χ2v) is 12.0. The molecule has 27 heavy (non-hydrogen) atoms. The molecular formula is C24H40O2S. The van der Waals surface area contributed by atoms with Gasteiger partial charge in [-0.25, -0.2) is 0 Å². The van der Waals surface area contributed by atoms with Crippen LogP contribution in [-0.4, -0.2) is 23.6 Å². The lowest BCUT2D eigenvalue weighted by atomic mass is 9.44. The van der Waals surface area contributed by atoms with Gasteiger partial charge in [0, 0.05) is 5.92 Å². The van der Waals surface area contributed by atoms with Crippen molar-refractivity contribution in [2.75, 3.05) is 12.2 Å². The standard InChI is InChI=1S/C24H40O2S/c1-16(25)19-8-9-20-18-7-6-17-14-22(2,26-15-27-5)12-13-23(17,3)21(18)10-11-24(19,20)4/h17-21H,6-15H2,1-5H3/t17?,18-,19-,20?,21?,22-,23+,24-/m1/s1. The average molecular weight is 393 g/mol. The van der Waals surface area contributed by atoms with Crippen LogP contribution in [-0.2, 0) is 9.53 Å². The zero-order chi connectivity index (χ0) is 19.4. The Morgan fingerprint density at radius 2 is 1.70 bits per heavy atom. The molecule has 154 valence electrons. The van der Waals surface area contributed by atoms with E-state index < -0.39 is 0 Å². The minimum Gasteiger partial charge on any atom is -0.365 e. The van der Waals surface area contributed by atoms with Gasteiger partial charge in [-0.1, -0.05) is 13.8 Å². The van der Waals surface area contributed by atoms with Gasteiger partial charge in [0.15, 0.2) is 0 Å². The fourth-order valence-electron chi connectivity index (χ4n) is 8.42. The minimum absolute atomic E-state index is 0.0935. The smallest absolute Gasteiger partial charge is 0.133 e. The molecular weight excluding hydrogens is 352 g/mol. The number of thioether (sulfide) groups is 1. The van der Waals surface area contributed by atoms with E-state index in [0.29, 0.717) is 22.5 Å². The number of fused-ring (bicyclic) bond motifs is 5. The summed E-state index contributed by atoms with van der Waals surface area (Å²) in [5.41, 5.74) is 0.887. The predicted octanol–water partition coefficient (Wildman–Crippen LogP) is 6.33. The number of ketones is 1. The van der Waals surface area contributed by atoms with Gasteiger partial charge in [0.2, 0.25) is 0 Å². The molecule has 0 heterocycles. The van der Waals surface area contributed by atoms with Crippen LogP contribution < -0.4 is 0 Å². The van der Waals surface area contributed by atoms with E-state index in [1.54, 1.807) is 11.8 Å². The fourth-order valence-corrected chi connectivity index (χ4v) is 8.82. The Labute approximate surface area is 171 Å². The van der Waals surface area contributed by atoms with E-state index in [2.05, 4.69) is 27.0 Å². The lowest BCUT2D eigenvalue weighted by molar-refractivity contribution is -0.158. The zero-order valence-corrected chi connectivity index (χ0v) is 19.0. The van der Waals surface area contributed by atoms with Crippen molar-refractivity contribution in [1.82, 2.24) is 0 Å². The summed E-state index contributed by atoms with van der Waals surface area (Å²) in [7, 11) is 0. The van der Waals surface area contributed by atoms with Crippen LogP contribution in [0.15, 0.2) is 0 Å². The molecule has 4 aliphatic rings. The molecule has 4 rings (SSSR count). The van der Waals surface area contributed by atoms with Gasteiger partial charge in [0.05, 0.1) is 11.5 Å². The first-order chi connectivity index (χ1) is 12.7. The number of ether oxygens (including phenoxy) is 1. The summed E-state index contributed by atoms with van der Waals surface area (Å²) < 4.78 is 6.30. The number of carbonyl (C=O) groups excluding carboxylic acids is 1. The molecule has 3 heteroatoms. The number of carbonyl (C=O) groups is 1. The molecule has 8 atom stereocenters. The fraction of sp³-hybridized carbons (Fsp3) is 0.958.